The molecule has 0 saturated heterocycles. The summed E-state index contributed by atoms with van der Waals surface area (Å²) in [4.78, 5) is 19.8. The third-order valence-electron chi connectivity index (χ3n) is 4.98. The molecule has 2 aromatic carbocycles. The summed E-state index contributed by atoms with van der Waals surface area (Å²) in [6, 6.07) is 13.6. The number of halogens is 4. The molecule has 1 amide bonds. The first-order valence-corrected chi connectivity index (χ1v) is 9.77. The van der Waals surface area contributed by atoms with Crippen LogP contribution < -0.4 is 0 Å². The normalized spacial score (nSPS) is 15.9. The molecule has 0 spiro atoms. The van der Waals surface area contributed by atoms with E-state index in [0.29, 0.717) is 23.3 Å². The lowest BCUT2D eigenvalue weighted by molar-refractivity contribution is -0.137. The van der Waals surface area contributed by atoms with Gasteiger partial charge >= 0.3 is 6.18 Å². The molecule has 166 valence electrons. The van der Waals surface area contributed by atoms with Crippen LogP contribution in [0.4, 0.5) is 17.6 Å². The summed E-state index contributed by atoms with van der Waals surface area (Å²) >= 11 is 0. The van der Waals surface area contributed by atoms with E-state index in [1.807, 2.05) is 0 Å². The Balaban J connectivity index is 1.51. The van der Waals surface area contributed by atoms with Crippen molar-refractivity contribution < 1.29 is 31.6 Å². The number of rotatable bonds is 6. The smallest absolute Gasteiger partial charge is 0.416 e. The zero-order chi connectivity index (χ0) is 22.7. The Morgan fingerprint density at radius 1 is 1.09 bits per heavy atom. The Morgan fingerprint density at radius 3 is 2.56 bits per heavy atom. The van der Waals surface area contributed by atoms with Crippen LogP contribution in [0.2, 0.25) is 0 Å². The van der Waals surface area contributed by atoms with Crippen molar-refractivity contribution in [2.45, 2.75) is 25.2 Å². The van der Waals surface area contributed by atoms with Crippen LogP contribution in [0.1, 0.15) is 33.7 Å². The van der Waals surface area contributed by atoms with Gasteiger partial charge in [0, 0.05) is 13.0 Å². The van der Waals surface area contributed by atoms with Gasteiger partial charge in [-0.3, -0.25) is 4.79 Å². The second kappa shape index (κ2) is 8.86. The van der Waals surface area contributed by atoms with Crippen molar-refractivity contribution in [2.75, 3.05) is 6.54 Å². The fourth-order valence-electron chi connectivity index (χ4n) is 3.43. The molecule has 1 aromatic heterocycles. The number of hydrogen-bond donors (Lipinski definition) is 0. The van der Waals surface area contributed by atoms with Crippen molar-refractivity contribution in [1.29, 1.82) is 0 Å². The van der Waals surface area contributed by atoms with Crippen molar-refractivity contribution in [2.24, 2.45) is 5.16 Å². The minimum atomic E-state index is -4.49. The molecule has 1 atom stereocenters. The fraction of sp³-hybridized carbons (Fsp3) is 0.217. The minimum absolute atomic E-state index is 0.0645. The first-order chi connectivity index (χ1) is 15.3. The van der Waals surface area contributed by atoms with Gasteiger partial charge in [0.1, 0.15) is 5.82 Å². The van der Waals surface area contributed by atoms with E-state index >= 15 is 0 Å². The third-order valence-corrected chi connectivity index (χ3v) is 4.98. The second-order valence-electron chi connectivity index (χ2n) is 7.34. The molecule has 1 aliphatic heterocycles. The monoisotopic (exact) mass is 446 g/mol. The molecule has 1 unspecified atom stereocenters. The number of amides is 1. The summed E-state index contributed by atoms with van der Waals surface area (Å²) in [6.45, 7) is -0.000825. The fourth-order valence-corrected chi connectivity index (χ4v) is 3.43. The molecule has 3 aromatic rings. The Labute approximate surface area is 180 Å². The summed E-state index contributed by atoms with van der Waals surface area (Å²) in [5.41, 5.74) is 0.812. The van der Waals surface area contributed by atoms with E-state index in [-0.39, 0.29) is 24.7 Å². The van der Waals surface area contributed by atoms with Gasteiger partial charge in [-0.25, -0.2) is 4.39 Å². The molecule has 9 heteroatoms. The van der Waals surface area contributed by atoms with Crippen molar-refractivity contribution in [3.8, 4) is 0 Å². The van der Waals surface area contributed by atoms with Crippen LogP contribution in [0.25, 0.3) is 0 Å². The number of alkyl halides is 3. The predicted octanol–water partition coefficient (Wildman–Crippen LogP) is 5.27. The number of hydrogen-bond acceptors (Lipinski definition) is 4. The minimum Gasteiger partial charge on any atom is -0.459 e. The van der Waals surface area contributed by atoms with Crippen LogP contribution in [0.3, 0.4) is 0 Å². The average molecular weight is 446 g/mol. The van der Waals surface area contributed by atoms with Crippen LogP contribution >= 0.6 is 0 Å². The molecule has 0 radical (unpaired) electrons. The molecular formula is C23H18F4N2O3. The van der Waals surface area contributed by atoms with Crippen LogP contribution in [-0.2, 0) is 17.6 Å². The van der Waals surface area contributed by atoms with Crippen molar-refractivity contribution in [3.05, 3.63) is 95.2 Å². The molecule has 1 aliphatic rings. The molecule has 2 heterocycles. The van der Waals surface area contributed by atoms with E-state index in [1.54, 1.807) is 18.2 Å². The van der Waals surface area contributed by atoms with Gasteiger partial charge in [0.2, 0.25) is 0 Å². The molecule has 0 aliphatic carbocycles. The first-order valence-electron chi connectivity index (χ1n) is 9.77. The Kier molecular flexibility index (Phi) is 5.98. The maximum Gasteiger partial charge on any atom is 0.416 e. The highest BCUT2D eigenvalue weighted by molar-refractivity contribution is 6.01. The molecular weight excluding hydrogens is 428 g/mol. The maximum atomic E-state index is 13.2. The van der Waals surface area contributed by atoms with Gasteiger partial charge < -0.3 is 14.2 Å². The zero-order valence-electron chi connectivity index (χ0n) is 16.7. The van der Waals surface area contributed by atoms with Crippen LogP contribution in [0.5, 0.6) is 0 Å². The van der Waals surface area contributed by atoms with Gasteiger partial charge in [-0.05, 0) is 47.5 Å². The SMILES string of the molecule is O=C(c1ccco1)N(Cc1cccc(C(F)(F)F)c1)CC1CC(c2ccc(F)cc2)=NO1. The summed E-state index contributed by atoms with van der Waals surface area (Å²) in [7, 11) is 0. The van der Waals surface area contributed by atoms with Gasteiger partial charge in [0.25, 0.3) is 5.91 Å². The largest absolute Gasteiger partial charge is 0.459 e. The lowest BCUT2D eigenvalue weighted by Crippen LogP contribution is -2.37. The molecule has 0 saturated carbocycles. The van der Waals surface area contributed by atoms with Gasteiger partial charge in [0.15, 0.2) is 11.9 Å². The van der Waals surface area contributed by atoms with E-state index in [0.717, 1.165) is 12.1 Å². The standard InChI is InChI=1S/C23H18F4N2O3/c24-18-8-6-16(7-9-18)20-12-19(32-28-20)14-29(22(30)21-5-2-10-31-21)13-15-3-1-4-17(11-15)23(25,26)27/h1-11,19H,12-14H2. The number of carbonyl (C=O) groups excluding carboxylic acids is 1. The van der Waals surface area contributed by atoms with E-state index < -0.39 is 23.8 Å². The molecule has 4 rings (SSSR count). The average Bonchev–Trinajstić information content (AvgIpc) is 3.45. The number of carbonyl (C=O) groups is 1. The quantitative estimate of drug-likeness (QED) is 0.485. The van der Waals surface area contributed by atoms with Gasteiger partial charge in [-0.2, -0.15) is 13.2 Å². The highest BCUT2D eigenvalue weighted by atomic mass is 19.4. The summed E-state index contributed by atoms with van der Waals surface area (Å²) in [5, 5.41) is 4.03. The highest BCUT2D eigenvalue weighted by Gasteiger charge is 2.32. The van der Waals surface area contributed by atoms with E-state index in [9.17, 15) is 22.4 Å². The first kappa shape index (κ1) is 21.6. The lowest BCUT2D eigenvalue weighted by Gasteiger charge is -2.24. The molecule has 5 nitrogen and oxygen atoms in total. The third kappa shape index (κ3) is 4.99. The van der Waals surface area contributed by atoms with Gasteiger partial charge in [-0.15, -0.1) is 0 Å². The van der Waals surface area contributed by atoms with Crippen molar-refractivity contribution in [1.82, 2.24) is 4.90 Å². The Bertz CT molecular complexity index is 1110. The lowest BCUT2D eigenvalue weighted by atomic mass is 10.0. The van der Waals surface area contributed by atoms with Crippen LogP contribution in [-0.4, -0.2) is 29.2 Å². The van der Waals surface area contributed by atoms with Gasteiger partial charge in [-0.1, -0.05) is 29.4 Å². The van der Waals surface area contributed by atoms with Gasteiger partial charge in [0.05, 0.1) is 24.1 Å². The molecule has 0 fully saturated rings. The summed E-state index contributed by atoms with van der Waals surface area (Å²) < 4.78 is 57.6. The summed E-state index contributed by atoms with van der Waals surface area (Å²) in [6.07, 6.45) is -3.30. The zero-order valence-corrected chi connectivity index (χ0v) is 16.7. The van der Waals surface area contributed by atoms with Crippen molar-refractivity contribution >= 4 is 11.6 Å². The van der Waals surface area contributed by atoms with Crippen LogP contribution in [0.15, 0.2) is 76.5 Å². The number of furan rings is 1. The van der Waals surface area contributed by atoms with Crippen molar-refractivity contribution in [3.63, 3.8) is 0 Å². The molecule has 0 bridgehead atoms. The highest BCUT2D eigenvalue weighted by Crippen LogP contribution is 2.30. The predicted molar refractivity (Wildman–Crippen MR) is 107 cm³/mol. The number of benzene rings is 2. The maximum absolute atomic E-state index is 13.2. The Morgan fingerprint density at radius 2 is 1.88 bits per heavy atom. The molecule has 32 heavy (non-hydrogen) atoms. The Hall–Kier alpha value is -3.62. The number of oxime groups is 1. The number of nitrogens with zero attached hydrogens (tertiary/aromatic N) is 2. The van der Waals surface area contributed by atoms with E-state index in [2.05, 4.69) is 5.16 Å². The van der Waals surface area contributed by atoms with E-state index in [1.165, 1.54) is 41.5 Å². The second-order valence-corrected chi connectivity index (χ2v) is 7.34. The summed E-state index contributed by atoms with van der Waals surface area (Å²) in [5.74, 6) is -0.790. The molecule has 0 N–H and O–H groups in total. The van der Waals surface area contributed by atoms with E-state index in [4.69, 9.17) is 9.25 Å². The van der Waals surface area contributed by atoms with Crippen LogP contribution in [0, 0.1) is 5.82 Å². The topological polar surface area (TPSA) is 55.0 Å².